The van der Waals surface area contributed by atoms with Crippen molar-refractivity contribution in [2.75, 3.05) is 66.0 Å². The van der Waals surface area contributed by atoms with Crippen molar-refractivity contribution in [2.24, 2.45) is 5.92 Å². The second kappa shape index (κ2) is 9.02. The zero-order chi connectivity index (χ0) is 17.6. The predicted molar refractivity (Wildman–Crippen MR) is 97.3 cm³/mol. The SMILES string of the molecule is CN1CCN(CCCNC[C@H]2CCN(C(=O)OC(C)(C)C)C2)CC1. The van der Waals surface area contributed by atoms with Crippen LogP contribution in [0.25, 0.3) is 0 Å². The molecule has 1 N–H and O–H groups in total. The Morgan fingerprint density at radius 3 is 2.54 bits per heavy atom. The molecule has 24 heavy (non-hydrogen) atoms. The zero-order valence-corrected chi connectivity index (χ0v) is 16.0. The normalized spacial score (nSPS) is 23.7. The van der Waals surface area contributed by atoms with E-state index in [0.29, 0.717) is 5.92 Å². The fourth-order valence-electron chi connectivity index (χ4n) is 3.30. The Morgan fingerprint density at radius 2 is 1.88 bits per heavy atom. The number of rotatable bonds is 6. The summed E-state index contributed by atoms with van der Waals surface area (Å²) >= 11 is 0. The Balaban J connectivity index is 1.52. The van der Waals surface area contributed by atoms with Gasteiger partial charge >= 0.3 is 6.09 Å². The van der Waals surface area contributed by atoms with Crippen molar-refractivity contribution in [3.05, 3.63) is 0 Å². The van der Waals surface area contributed by atoms with Crippen LogP contribution in [0, 0.1) is 5.92 Å². The minimum Gasteiger partial charge on any atom is -0.444 e. The van der Waals surface area contributed by atoms with Crippen molar-refractivity contribution in [3.8, 4) is 0 Å². The quantitative estimate of drug-likeness (QED) is 0.742. The summed E-state index contributed by atoms with van der Waals surface area (Å²) in [5.41, 5.74) is -0.406. The van der Waals surface area contributed by atoms with Gasteiger partial charge in [0, 0.05) is 39.3 Å². The predicted octanol–water partition coefficient (Wildman–Crippen LogP) is 1.47. The summed E-state index contributed by atoms with van der Waals surface area (Å²) in [4.78, 5) is 18.9. The number of ether oxygens (including phenoxy) is 1. The summed E-state index contributed by atoms with van der Waals surface area (Å²) in [5.74, 6) is 0.557. The first-order valence-corrected chi connectivity index (χ1v) is 9.43. The molecule has 0 spiro atoms. The average molecular weight is 341 g/mol. The van der Waals surface area contributed by atoms with Crippen molar-refractivity contribution in [1.29, 1.82) is 0 Å². The lowest BCUT2D eigenvalue weighted by Gasteiger charge is -2.32. The summed E-state index contributed by atoms with van der Waals surface area (Å²) < 4.78 is 5.45. The second-order valence-electron chi connectivity index (χ2n) is 8.28. The lowest BCUT2D eigenvalue weighted by molar-refractivity contribution is 0.0288. The molecule has 2 saturated heterocycles. The van der Waals surface area contributed by atoms with E-state index in [1.807, 2.05) is 25.7 Å². The molecule has 0 saturated carbocycles. The van der Waals surface area contributed by atoms with E-state index in [9.17, 15) is 4.79 Å². The fourth-order valence-corrected chi connectivity index (χ4v) is 3.30. The number of carbonyl (C=O) groups is 1. The first kappa shape index (κ1) is 19.5. The van der Waals surface area contributed by atoms with Crippen LogP contribution in [-0.2, 0) is 4.74 Å². The van der Waals surface area contributed by atoms with Crippen LogP contribution in [0.1, 0.15) is 33.6 Å². The molecular weight excluding hydrogens is 304 g/mol. The van der Waals surface area contributed by atoms with Gasteiger partial charge in [0.05, 0.1) is 0 Å². The molecule has 0 radical (unpaired) electrons. The van der Waals surface area contributed by atoms with Gasteiger partial charge in [-0.05, 0) is 66.2 Å². The van der Waals surface area contributed by atoms with Crippen LogP contribution in [0.5, 0.6) is 0 Å². The molecule has 2 aliphatic heterocycles. The van der Waals surface area contributed by atoms with E-state index in [1.165, 1.54) is 39.1 Å². The average Bonchev–Trinajstić information content (AvgIpc) is 2.96. The Hall–Kier alpha value is -0.850. The van der Waals surface area contributed by atoms with E-state index in [2.05, 4.69) is 22.2 Å². The molecule has 0 aliphatic carbocycles. The van der Waals surface area contributed by atoms with E-state index < -0.39 is 5.60 Å². The molecule has 140 valence electrons. The van der Waals surface area contributed by atoms with E-state index in [-0.39, 0.29) is 6.09 Å². The van der Waals surface area contributed by atoms with Gasteiger partial charge in [-0.2, -0.15) is 0 Å². The highest BCUT2D eigenvalue weighted by molar-refractivity contribution is 5.68. The van der Waals surface area contributed by atoms with Crippen molar-refractivity contribution < 1.29 is 9.53 Å². The van der Waals surface area contributed by atoms with Gasteiger partial charge in [-0.25, -0.2) is 4.79 Å². The highest BCUT2D eigenvalue weighted by atomic mass is 16.6. The first-order valence-electron chi connectivity index (χ1n) is 9.43. The number of hydrogen-bond acceptors (Lipinski definition) is 5. The van der Waals surface area contributed by atoms with Gasteiger partial charge < -0.3 is 24.8 Å². The van der Waals surface area contributed by atoms with Crippen molar-refractivity contribution in [1.82, 2.24) is 20.0 Å². The summed E-state index contributed by atoms with van der Waals surface area (Å²) in [6, 6.07) is 0. The number of likely N-dealkylation sites (tertiary alicyclic amines) is 1. The van der Waals surface area contributed by atoms with Crippen LogP contribution >= 0.6 is 0 Å². The molecule has 1 atom stereocenters. The van der Waals surface area contributed by atoms with Crippen LogP contribution < -0.4 is 5.32 Å². The monoisotopic (exact) mass is 340 g/mol. The largest absolute Gasteiger partial charge is 0.444 e. The molecule has 1 amide bonds. The lowest BCUT2D eigenvalue weighted by atomic mass is 10.1. The Labute approximate surface area is 147 Å². The molecule has 2 aliphatic rings. The van der Waals surface area contributed by atoms with Crippen LogP contribution in [0.15, 0.2) is 0 Å². The summed E-state index contributed by atoms with van der Waals surface area (Å²) in [5, 5.41) is 3.57. The van der Waals surface area contributed by atoms with E-state index in [4.69, 9.17) is 4.74 Å². The van der Waals surface area contributed by atoms with E-state index >= 15 is 0 Å². The highest BCUT2D eigenvalue weighted by Crippen LogP contribution is 2.18. The van der Waals surface area contributed by atoms with Crippen LogP contribution in [0.3, 0.4) is 0 Å². The number of hydrogen-bond donors (Lipinski definition) is 1. The van der Waals surface area contributed by atoms with Gasteiger partial charge in [0.25, 0.3) is 0 Å². The minimum atomic E-state index is -0.406. The van der Waals surface area contributed by atoms with Gasteiger partial charge in [0.2, 0.25) is 0 Å². The minimum absolute atomic E-state index is 0.167. The molecular formula is C18H36N4O2. The van der Waals surface area contributed by atoms with Crippen LogP contribution in [-0.4, -0.2) is 92.3 Å². The molecule has 6 nitrogen and oxygen atoms in total. The van der Waals surface area contributed by atoms with Crippen molar-refractivity contribution in [2.45, 2.75) is 39.2 Å². The number of amides is 1. The van der Waals surface area contributed by atoms with E-state index in [0.717, 1.165) is 32.6 Å². The number of nitrogens with one attached hydrogen (secondary N) is 1. The smallest absolute Gasteiger partial charge is 0.410 e. The van der Waals surface area contributed by atoms with Crippen molar-refractivity contribution >= 4 is 6.09 Å². The third-order valence-corrected chi connectivity index (χ3v) is 4.79. The number of nitrogens with zero attached hydrogens (tertiary/aromatic N) is 3. The lowest BCUT2D eigenvalue weighted by Crippen LogP contribution is -2.45. The standard InChI is InChI=1S/C18H36N4O2/c1-18(2,3)24-17(23)22-9-6-16(15-22)14-19-7-5-8-21-12-10-20(4)11-13-21/h16,19H,5-15H2,1-4H3/t16-/m1/s1. The summed E-state index contributed by atoms with van der Waals surface area (Å²) in [7, 11) is 2.20. The Bertz CT molecular complexity index is 389. The second-order valence-corrected chi connectivity index (χ2v) is 8.28. The van der Waals surface area contributed by atoms with Gasteiger partial charge in [-0.15, -0.1) is 0 Å². The fraction of sp³-hybridized carbons (Fsp3) is 0.944. The maximum Gasteiger partial charge on any atom is 0.410 e. The number of likely N-dealkylation sites (N-methyl/N-ethyl adjacent to an activating group) is 1. The maximum atomic E-state index is 12.1. The molecule has 0 aromatic heterocycles. The van der Waals surface area contributed by atoms with Gasteiger partial charge in [0.15, 0.2) is 0 Å². The van der Waals surface area contributed by atoms with Gasteiger partial charge in [-0.1, -0.05) is 0 Å². The number of carbonyl (C=O) groups excluding carboxylic acids is 1. The maximum absolute atomic E-state index is 12.1. The Kier molecular flexibility index (Phi) is 7.32. The highest BCUT2D eigenvalue weighted by Gasteiger charge is 2.29. The molecule has 6 heteroatoms. The Morgan fingerprint density at radius 1 is 1.17 bits per heavy atom. The molecule has 2 fully saturated rings. The zero-order valence-electron chi connectivity index (χ0n) is 16.0. The summed E-state index contributed by atoms with van der Waals surface area (Å²) in [6.07, 6.45) is 2.11. The molecule has 2 rings (SSSR count). The van der Waals surface area contributed by atoms with Gasteiger partial charge in [0.1, 0.15) is 5.60 Å². The molecule has 0 aromatic rings. The third kappa shape index (κ3) is 6.95. The van der Waals surface area contributed by atoms with E-state index in [1.54, 1.807) is 0 Å². The van der Waals surface area contributed by atoms with Crippen LogP contribution in [0.4, 0.5) is 4.79 Å². The van der Waals surface area contributed by atoms with Crippen molar-refractivity contribution in [3.63, 3.8) is 0 Å². The molecule has 0 unspecified atom stereocenters. The summed E-state index contributed by atoms with van der Waals surface area (Å²) in [6.45, 7) is 15.4. The topological polar surface area (TPSA) is 48.0 Å². The molecule has 0 bridgehead atoms. The van der Waals surface area contributed by atoms with Crippen LogP contribution in [0.2, 0.25) is 0 Å². The molecule has 2 heterocycles. The first-order chi connectivity index (χ1) is 11.3. The third-order valence-electron chi connectivity index (χ3n) is 4.79. The molecule has 0 aromatic carbocycles. The van der Waals surface area contributed by atoms with Gasteiger partial charge in [-0.3, -0.25) is 0 Å². The number of piperazine rings is 1.